The number of carbonyl (C=O) groups is 1. The Morgan fingerprint density at radius 1 is 1.20 bits per heavy atom. The zero-order valence-electron chi connectivity index (χ0n) is 14.7. The normalized spacial score (nSPS) is 11.9. The van der Waals surface area contributed by atoms with E-state index in [1.165, 1.54) is 6.07 Å². The summed E-state index contributed by atoms with van der Waals surface area (Å²) in [5, 5.41) is 2.56. The number of nitrogens with zero attached hydrogens (tertiary/aromatic N) is 1. The molecule has 0 unspecified atom stereocenters. The molecule has 1 aromatic heterocycles. The second-order valence-electron chi connectivity index (χ2n) is 6.32. The molecule has 0 aliphatic rings. The molecule has 2 rings (SSSR count). The Balaban J connectivity index is 2.37. The second kappa shape index (κ2) is 6.92. The van der Waals surface area contributed by atoms with Crippen molar-refractivity contribution in [2.75, 3.05) is 5.32 Å². The minimum atomic E-state index is -4.50. The van der Waals surface area contributed by atoms with Crippen molar-refractivity contribution >= 4 is 11.6 Å². The summed E-state index contributed by atoms with van der Waals surface area (Å²) in [6.45, 7) is 7.67. The standard InChI is InChI=1S/C18H22F3N3O/c1-10(2)24-11(3)5-16(12(24)4)17(25)23-15-7-13(9-22)6-14(8-15)18(19,20)21/h5-8,10H,9,22H2,1-4H3,(H,23,25). The van der Waals surface area contributed by atoms with Crippen molar-refractivity contribution in [1.82, 2.24) is 4.57 Å². The zero-order valence-corrected chi connectivity index (χ0v) is 14.7. The van der Waals surface area contributed by atoms with Gasteiger partial charge in [0.15, 0.2) is 0 Å². The van der Waals surface area contributed by atoms with Crippen molar-refractivity contribution in [1.29, 1.82) is 0 Å². The van der Waals surface area contributed by atoms with Crippen molar-refractivity contribution in [2.45, 2.75) is 46.5 Å². The van der Waals surface area contributed by atoms with Crippen LogP contribution in [0.2, 0.25) is 0 Å². The van der Waals surface area contributed by atoms with Crippen LogP contribution in [-0.2, 0) is 12.7 Å². The molecule has 1 heterocycles. The van der Waals surface area contributed by atoms with Gasteiger partial charge in [-0.3, -0.25) is 4.79 Å². The predicted molar refractivity (Wildman–Crippen MR) is 91.6 cm³/mol. The van der Waals surface area contributed by atoms with E-state index in [1.54, 1.807) is 6.07 Å². The Hall–Kier alpha value is -2.28. The van der Waals surface area contributed by atoms with Gasteiger partial charge in [-0.1, -0.05) is 0 Å². The molecule has 0 bridgehead atoms. The zero-order chi connectivity index (χ0) is 18.9. The highest BCUT2D eigenvalue weighted by Gasteiger charge is 2.31. The Kier molecular flexibility index (Phi) is 5.27. The molecule has 0 radical (unpaired) electrons. The monoisotopic (exact) mass is 353 g/mol. The van der Waals surface area contributed by atoms with Crippen LogP contribution < -0.4 is 11.1 Å². The number of carbonyl (C=O) groups excluding carboxylic acids is 1. The molecule has 25 heavy (non-hydrogen) atoms. The van der Waals surface area contributed by atoms with Gasteiger partial charge >= 0.3 is 6.18 Å². The van der Waals surface area contributed by atoms with Crippen LogP contribution in [0.25, 0.3) is 0 Å². The number of aryl methyl sites for hydroxylation is 1. The van der Waals surface area contributed by atoms with Gasteiger partial charge in [-0.15, -0.1) is 0 Å². The number of rotatable bonds is 4. The van der Waals surface area contributed by atoms with Gasteiger partial charge in [0.05, 0.1) is 11.1 Å². The minimum absolute atomic E-state index is 0.0470. The Labute approximate surface area is 144 Å². The van der Waals surface area contributed by atoms with E-state index in [9.17, 15) is 18.0 Å². The maximum atomic E-state index is 13.0. The third-order valence-electron chi connectivity index (χ3n) is 4.06. The summed E-state index contributed by atoms with van der Waals surface area (Å²) in [5.74, 6) is -0.442. The van der Waals surface area contributed by atoms with Gasteiger partial charge in [-0.25, -0.2) is 0 Å². The molecule has 0 spiro atoms. The molecule has 2 aromatic rings. The predicted octanol–water partition coefficient (Wildman–Crippen LogP) is 4.42. The molecule has 7 heteroatoms. The first-order chi connectivity index (χ1) is 11.5. The number of aromatic nitrogens is 1. The molecule has 0 atom stereocenters. The number of halogens is 3. The number of hydrogen-bond acceptors (Lipinski definition) is 2. The number of nitrogens with two attached hydrogens (primary N) is 1. The van der Waals surface area contributed by atoms with Gasteiger partial charge in [0, 0.05) is 29.7 Å². The second-order valence-corrected chi connectivity index (χ2v) is 6.32. The van der Waals surface area contributed by atoms with Crippen molar-refractivity contribution in [3.63, 3.8) is 0 Å². The van der Waals surface area contributed by atoms with Crippen molar-refractivity contribution < 1.29 is 18.0 Å². The quantitative estimate of drug-likeness (QED) is 0.855. The molecular weight excluding hydrogens is 331 g/mol. The number of benzene rings is 1. The lowest BCUT2D eigenvalue weighted by atomic mass is 10.1. The number of amides is 1. The van der Waals surface area contributed by atoms with Gasteiger partial charge in [-0.05, 0) is 57.5 Å². The lowest BCUT2D eigenvalue weighted by molar-refractivity contribution is -0.137. The van der Waals surface area contributed by atoms with E-state index < -0.39 is 17.6 Å². The summed E-state index contributed by atoms with van der Waals surface area (Å²) in [6, 6.07) is 5.27. The largest absolute Gasteiger partial charge is 0.416 e. The lowest BCUT2D eigenvalue weighted by Crippen LogP contribution is -2.15. The fourth-order valence-electron chi connectivity index (χ4n) is 3.05. The molecule has 3 N–H and O–H groups in total. The lowest BCUT2D eigenvalue weighted by Gasteiger charge is -2.14. The van der Waals surface area contributed by atoms with E-state index in [-0.39, 0.29) is 18.3 Å². The number of anilines is 1. The first-order valence-electron chi connectivity index (χ1n) is 7.95. The van der Waals surface area contributed by atoms with E-state index in [2.05, 4.69) is 5.32 Å². The SMILES string of the molecule is Cc1cc(C(=O)Nc2cc(CN)cc(C(F)(F)F)c2)c(C)n1C(C)C. The van der Waals surface area contributed by atoms with Crippen LogP contribution in [0.1, 0.15) is 52.8 Å². The first kappa shape index (κ1) is 19.1. The van der Waals surface area contributed by atoms with Crippen molar-refractivity contribution in [3.8, 4) is 0 Å². The van der Waals surface area contributed by atoms with Crippen LogP contribution >= 0.6 is 0 Å². The van der Waals surface area contributed by atoms with Gasteiger partial charge in [0.25, 0.3) is 5.91 Å². The average molecular weight is 353 g/mol. The van der Waals surface area contributed by atoms with Gasteiger partial charge < -0.3 is 15.6 Å². The fraction of sp³-hybridized carbons (Fsp3) is 0.389. The summed E-state index contributed by atoms with van der Waals surface area (Å²) in [4.78, 5) is 12.5. The molecule has 1 aromatic carbocycles. The summed E-state index contributed by atoms with van der Waals surface area (Å²) in [6.07, 6.45) is -4.50. The van der Waals surface area contributed by atoms with E-state index in [4.69, 9.17) is 5.73 Å². The third kappa shape index (κ3) is 4.04. The van der Waals surface area contributed by atoms with Gasteiger partial charge in [0.2, 0.25) is 0 Å². The highest BCUT2D eigenvalue weighted by atomic mass is 19.4. The van der Waals surface area contributed by atoms with Crippen LogP contribution in [0.15, 0.2) is 24.3 Å². The highest BCUT2D eigenvalue weighted by Crippen LogP contribution is 2.32. The molecule has 0 aliphatic heterocycles. The summed E-state index contributed by atoms with van der Waals surface area (Å²) in [5.41, 5.74) is 7.15. The van der Waals surface area contributed by atoms with E-state index >= 15 is 0 Å². The maximum Gasteiger partial charge on any atom is 0.416 e. The summed E-state index contributed by atoms with van der Waals surface area (Å²) in [7, 11) is 0. The first-order valence-corrected chi connectivity index (χ1v) is 7.95. The van der Waals surface area contributed by atoms with Crippen molar-refractivity contribution in [3.05, 3.63) is 52.3 Å². The molecule has 1 amide bonds. The average Bonchev–Trinajstić information content (AvgIpc) is 2.80. The Morgan fingerprint density at radius 2 is 1.84 bits per heavy atom. The van der Waals surface area contributed by atoms with Crippen LogP contribution in [0, 0.1) is 13.8 Å². The fourth-order valence-corrected chi connectivity index (χ4v) is 3.05. The molecule has 136 valence electrons. The van der Waals surface area contributed by atoms with Crippen LogP contribution in [0.3, 0.4) is 0 Å². The van der Waals surface area contributed by atoms with Crippen LogP contribution in [0.4, 0.5) is 18.9 Å². The molecule has 4 nitrogen and oxygen atoms in total. The third-order valence-corrected chi connectivity index (χ3v) is 4.06. The van der Waals surface area contributed by atoms with Gasteiger partial charge in [-0.2, -0.15) is 13.2 Å². The van der Waals surface area contributed by atoms with E-state index in [0.29, 0.717) is 11.1 Å². The topological polar surface area (TPSA) is 60.1 Å². The van der Waals surface area contributed by atoms with E-state index in [0.717, 1.165) is 23.5 Å². The number of nitrogens with one attached hydrogen (secondary N) is 1. The van der Waals surface area contributed by atoms with Gasteiger partial charge in [0.1, 0.15) is 0 Å². The smallest absolute Gasteiger partial charge is 0.346 e. The van der Waals surface area contributed by atoms with E-state index in [1.807, 2.05) is 32.3 Å². The molecule has 0 aliphatic carbocycles. The van der Waals surface area contributed by atoms with Crippen LogP contribution in [0.5, 0.6) is 0 Å². The highest BCUT2D eigenvalue weighted by molar-refractivity contribution is 6.05. The maximum absolute atomic E-state index is 13.0. The van der Waals surface area contributed by atoms with Crippen molar-refractivity contribution in [2.24, 2.45) is 5.73 Å². The number of hydrogen-bond donors (Lipinski definition) is 2. The van der Waals surface area contributed by atoms with Crippen LogP contribution in [-0.4, -0.2) is 10.5 Å². The summed E-state index contributed by atoms with van der Waals surface area (Å²) >= 11 is 0. The minimum Gasteiger partial charge on any atom is -0.346 e. The molecular formula is C18H22F3N3O. The Bertz CT molecular complexity index is 792. The molecule has 0 fully saturated rings. The Morgan fingerprint density at radius 3 is 2.32 bits per heavy atom. The molecule has 0 saturated carbocycles. The summed E-state index contributed by atoms with van der Waals surface area (Å²) < 4.78 is 41.0. The number of alkyl halides is 3. The molecule has 0 saturated heterocycles.